The highest BCUT2D eigenvalue weighted by Crippen LogP contribution is 2.20. The molecule has 6 heteroatoms. The van der Waals surface area contributed by atoms with E-state index in [1.165, 1.54) is 17.7 Å². The number of carboxylic acid groups (broad SMARTS) is 1. The van der Waals surface area contributed by atoms with Gasteiger partial charge in [-0.25, -0.2) is 9.59 Å². The topological polar surface area (TPSA) is 81.4 Å². The summed E-state index contributed by atoms with van der Waals surface area (Å²) in [6.45, 7) is 3.84. The van der Waals surface area contributed by atoms with E-state index in [2.05, 4.69) is 4.98 Å². The molecular formula is C15H16N2O4. The van der Waals surface area contributed by atoms with Gasteiger partial charge in [-0.1, -0.05) is 6.07 Å². The van der Waals surface area contributed by atoms with E-state index >= 15 is 0 Å². The molecule has 0 fully saturated rings. The fourth-order valence-electron chi connectivity index (χ4n) is 2.17. The van der Waals surface area contributed by atoms with Gasteiger partial charge in [0, 0.05) is 11.4 Å². The third kappa shape index (κ3) is 3.10. The van der Waals surface area contributed by atoms with Gasteiger partial charge in [-0.2, -0.15) is 4.98 Å². The molecule has 0 atom stereocenters. The molecule has 0 saturated heterocycles. The molecule has 0 radical (unpaired) electrons. The Bertz CT molecular complexity index is 750. The van der Waals surface area contributed by atoms with Gasteiger partial charge in [0.05, 0.1) is 13.7 Å². The van der Waals surface area contributed by atoms with Crippen LogP contribution in [0.2, 0.25) is 0 Å². The molecule has 21 heavy (non-hydrogen) atoms. The third-order valence-corrected chi connectivity index (χ3v) is 3.18. The SMILES string of the molecule is COc1ccc(Cn2c(C)cc(C)nc2=O)cc1C(=O)O. The lowest BCUT2D eigenvalue weighted by atomic mass is 10.1. The van der Waals surface area contributed by atoms with E-state index in [9.17, 15) is 14.7 Å². The summed E-state index contributed by atoms with van der Waals surface area (Å²) in [6.07, 6.45) is 0. The average Bonchev–Trinajstić information content (AvgIpc) is 2.42. The summed E-state index contributed by atoms with van der Waals surface area (Å²) < 4.78 is 6.51. The fourth-order valence-corrected chi connectivity index (χ4v) is 2.17. The standard InChI is InChI=1S/C15H16N2O4/c1-9-6-10(2)17(15(20)16-9)8-11-4-5-13(21-3)12(7-11)14(18)19/h4-7H,8H2,1-3H3,(H,18,19). The number of carboxylic acids is 1. The molecule has 1 N–H and O–H groups in total. The van der Waals surface area contributed by atoms with Crippen molar-refractivity contribution in [1.29, 1.82) is 0 Å². The Labute approximate surface area is 121 Å². The van der Waals surface area contributed by atoms with Crippen molar-refractivity contribution in [3.63, 3.8) is 0 Å². The first kappa shape index (κ1) is 14.8. The zero-order valence-corrected chi connectivity index (χ0v) is 12.1. The summed E-state index contributed by atoms with van der Waals surface area (Å²) in [5.74, 6) is -0.780. The molecule has 2 aromatic rings. The Hall–Kier alpha value is -2.63. The van der Waals surface area contributed by atoms with Crippen LogP contribution in [-0.2, 0) is 6.54 Å². The van der Waals surface area contributed by atoms with Gasteiger partial charge in [0.1, 0.15) is 11.3 Å². The highest BCUT2D eigenvalue weighted by molar-refractivity contribution is 5.91. The maximum atomic E-state index is 11.9. The number of methoxy groups -OCH3 is 1. The van der Waals surface area contributed by atoms with Gasteiger partial charge >= 0.3 is 11.7 Å². The van der Waals surface area contributed by atoms with E-state index in [0.717, 1.165) is 5.69 Å². The third-order valence-electron chi connectivity index (χ3n) is 3.18. The van der Waals surface area contributed by atoms with Crippen LogP contribution < -0.4 is 10.4 Å². The van der Waals surface area contributed by atoms with Gasteiger partial charge in [-0.3, -0.25) is 4.57 Å². The van der Waals surface area contributed by atoms with Crippen LogP contribution in [0.15, 0.2) is 29.1 Å². The summed E-state index contributed by atoms with van der Waals surface area (Å²) >= 11 is 0. The number of aromatic nitrogens is 2. The largest absolute Gasteiger partial charge is 0.496 e. The van der Waals surface area contributed by atoms with Gasteiger partial charge in [-0.05, 0) is 37.6 Å². The van der Waals surface area contributed by atoms with Gasteiger partial charge in [0.2, 0.25) is 0 Å². The quantitative estimate of drug-likeness (QED) is 0.924. The molecule has 1 aromatic carbocycles. The maximum absolute atomic E-state index is 11.9. The highest BCUT2D eigenvalue weighted by Gasteiger charge is 2.12. The Kier molecular flexibility index (Phi) is 4.07. The Morgan fingerprint density at radius 3 is 2.62 bits per heavy atom. The molecule has 0 aliphatic carbocycles. The maximum Gasteiger partial charge on any atom is 0.348 e. The Morgan fingerprint density at radius 1 is 1.33 bits per heavy atom. The van der Waals surface area contributed by atoms with Crippen molar-refractivity contribution in [3.8, 4) is 5.75 Å². The molecule has 1 heterocycles. The van der Waals surface area contributed by atoms with Crippen LogP contribution in [0.1, 0.15) is 27.3 Å². The molecular weight excluding hydrogens is 272 g/mol. The highest BCUT2D eigenvalue weighted by atomic mass is 16.5. The zero-order valence-electron chi connectivity index (χ0n) is 12.1. The lowest BCUT2D eigenvalue weighted by Crippen LogP contribution is -2.26. The Morgan fingerprint density at radius 2 is 2.05 bits per heavy atom. The molecule has 0 aliphatic heterocycles. The number of hydrogen-bond acceptors (Lipinski definition) is 4. The van der Waals surface area contributed by atoms with Crippen LogP contribution in [0.5, 0.6) is 5.75 Å². The minimum Gasteiger partial charge on any atom is -0.496 e. The van der Waals surface area contributed by atoms with Crippen LogP contribution in [0.4, 0.5) is 0 Å². The van der Waals surface area contributed by atoms with Crippen molar-refractivity contribution < 1.29 is 14.6 Å². The van der Waals surface area contributed by atoms with Gasteiger partial charge in [0.25, 0.3) is 0 Å². The molecule has 0 spiro atoms. The second-order valence-electron chi connectivity index (χ2n) is 4.75. The zero-order chi connectivity index (χ0) is 15.6. The van der Waals surface area contributed by atoms with Crippen molar-refractivity contribution in [2.24, 2.45) is 0 Å². The second kappa shape index (κ2) is 5.78. The van der Waals surface area contributed by atoms with Crippen LogP contribution in [-0.4, -0.2) is 27.7 Å². The molecule has 0 bridgehead atoms. The van der Waals surface area contributed by atoms with Crippen LogP contribution >= 0.6 is 0 Å². The molecule has 0 unspecified atom stereocenters. The summed E-state index contributed by atoms with van der Waals surface area (Å²) in [4.78, 5) is 27.0. The van der Waals surface area contributed by atoms with E-state index in [-0.39, 0.29) is 23.5 Å². The summed E-state index contributed by atoms with van der Waals surface area (Å²) in [5.41, 5.74) is 1.86. The predicted molar refractivity (Wildman–Crippen MR) is 77.0 cm³/mol. The molecule has 0 amide bonds. The van der Waals surface area contributed by atoms with Gasteiger partial charge in [-0.15, -0.1) is 0 Å². The lowest BCUT2D eigenvalue weighted by molar-refractivity contribution is 0.0693. The number of rotatable bonds is 4. The summed E-state index contributed by atoms with van der Waals surface area (Å²) in [7, 11) is 1.42. The summed E-state index contributed by atoms with van der Waals surface area (Å²) in [5, 5.41) is 9.17. The fraction of sp³-hybridized carbons (Fsp3) is 0.267. The Balaban J connectivity index is 2.43. The number of benzene rings is 1. The average molecular weight is 288 g/mol. The molecule has 1 aromatic heterocycles. The number of hydrogen-bond donors (Lipinski definition) is 1. The van der Waals surface area contributed by atoms with Crippen molar-refractivity contribution in [2.45, 2.75) is 20.4 Å². The number of aryl methyl sites for hydroxylation is 2. The first-order valence-corrected chi connectivity index (χ1v) is 6.37. The molecule has 0 aliphatic rings. The number of ether oxygens (including phenoxy) is 1. The number of carbonyl (C=O) groups is 1. The monoisotopic (exact) mass is 288 g/mol. The van der Waals surface area contributed by atoms with E-state index in [0.29, 0.717) is 11.3 Å². The number of nitrogens with zero attached hydrogens (tertiary/aromatic N) is 2. The summed E-state index contributed by atoms with van der Waals surface area (Å²) in [6, 6.07) is 6.63. The minimum atomic E-state index is -1.07. The first-order valence-electron chi connectivity index (χ1n) is 6.37. The van der Waals surface area contributed by atoms with Crippen molar-refractivity contribution >= 4 is 5.97 Å². The molecule has 2 rings (SSSR count). The molecule has 110 valence electrons. The van der Waals surface area contributed by atoms with E-state index in [1.807, 2.05) is 13.0 Å². The van der Waals surface area contributed by atoms with Crippen molar-refractivity contribution in [1.82, 2.24) is 9.55 Å². The lowest BCUT2D eigenvalue weighted by Gasteiger charge is -2.11. The van der Waals surface area contributed by atoms with Gasteiger partial charge in [0.15, 0.2) is 0 Å². The van der Waals surface area contributed by atoms with E-state index in [4.69, 9.17) is 4.74 Å². The van der Waals surface area contributed by atoms with Gasteiger partial charge < -0.3 is 9.84 Å². The minimum absolute atomic E-state index is 0.0702. The molecule has 0 saturated carbocycles. The second-order valence-corrected chi connectivity index (χ2v) is 4.75. The van der Waals surface area contributed by atoms with E-state index < -0.39 is 5.97 Å². The predicted octanol–water partition coefficient (Wildman–Crippen LogP) is 1.62. The van der Waals surface area contributed by atoms with Crippen molar-refractivity contribution in [3.05, 3.63) is 57.3 Å². The van der Waals surface area contributed by atoms with E-state index in [1.54, 1.807) is 19.1 Å². The smallest absolute Gasteiger partial charge is 0.348 e. The van der Waals surface area contributed by atoms with Crippen LogP contribution in [0, 0.1) is 13.8 Å². The van der Waals surface area contributed by atoms with Crippen LogP contribution in [0.3, 0.4) is 0 Å². The first-order chi connectivity index (χ1) is 9.92. The van der Waals surface area contributed by atoms with Crippen molar-refractivity contribution in [2.75, 3.05) is 7.11 Å². The molecule has 6 nitrogen and oxygen atoms in total. The normalized spacial score (nSPS) is 10.4. The number of aromatic carboxylic acids is 1. The van der Waals surface area contributed by atoms with Crippen LogP contribution in [0.25, 0.3) is 0 Å².